The van der Waals surface area contributed by atoms with Crippen LogP contribution < -0.4 is 10.6 Å². The van der Waals surface area contributed by atoms with Gasteiger partial charge < -0.3 is 10.6 Å². The lowest BCUT2D eigenvalue weighted by atomic mass is 9.94. The average molecular weight is 283 g/mol. The minimum absolute atomic E-state index is 0.769. The molecule has 1 atom stereocenters. The van der Waals surface area contributed by atoms with Crippen LogP contribution in [0.15, 0.2) is 28.7 Å². The minimum Gasteiger partial charge on any atom is -0.370 e. The molecule has 1 unspecified atom stereocenters. The maximum Gasteiger partial charge on any atom is 0.0510 e. The highest BCUT2D eigenvalue weighted by atomic mass is 79.9. The Morgan fingerprint density at radius 3 is 2.94 bits per heavy atom. The fourth-order valence-electron chi connectivity index (χ4n) is 2.46. The van der Waals surface area contributed by atoms with Crippen molar-refractivity contribution in [2.45, 2.75) is 19.3 Å². The number of rotatable bonds is 3. The Labute approximate surface area is 106 Å². The van der Waals surface area contributed by atoms with Gasteiger partial charge in [-0.25, -0.2) is 0 Å². The van der Waals surface area contributed by atoms with E-state index in [1.165, 1.54) is 29.5 Å². The molecule has 1 heterocycles. The van der Waals surface area contributed by atoms with E-state index < -0.39 is 0 Å². The third-order valence-corrected chi connectivity index (χ3v) is 3.96. The topological polar surface area (TPSA) is 29.3 Å². The first-order valence-electron chi connectivity index (χ1n) is 6.01. The number of hydrogen-bond donors (Lipinski definition) is 1. The highest BCUT2D eigenvalue weighted by Gasteiger charge is 2.20. The van der Waals surface area contributed by atoms with E-state index in [4.69, 9.17) is 5.73 Å². The van der Waals surface area contributed by atoms with Crippen LogP contribution in [0.3, 0.4) is 0 Å². The molecule has 0 amide bonds. The Morgan fingerprint density at radius 1 is 1.38 bits per heavy atom. The van der Waals surface area contributed by atoms with E-state index in [0.717, 1.165) is 25.4 Å². The molecule has 1 aliphatic rings. The number of anilines is 1. The maximum atomic E-state index is 5.65. The van der Waals surface area contributed by atoms with E-state index in [2.05, 4.69) is 45.1 Å². The molecule has 2 rings (SSSR count). The Morgan fingerprint density at radius 2 is 2.19 bits per heavy atom. The van der Waals surface area contributed by atoms with Gasteiger partial charge in [0.2, 0.25) is 0 Å². The molecule has 1 fully saturated rings. The smallest absolute Gasteiger partial charge is 0.0510 e. The summed E-state index contributed by atoms with van der Waals surface area (Å²) in [7, 11) is 0. The molecule has 0 radical (unpaired) electrons. The third kappa shape index (κ3) is 2.77. The first-order chi connectivity index (χ1) is 7.81. The predicted molar refractivity (Wildman–Crippen MR) is 72.8 cm³/mol. The molecule has 88 valence electrons. The van der Waals surface area contributed by atoms with Crippen molar-refractivity contribution in [1.29, 1.82) is 0 Å². The van der Waals surface area contributed by atoms with Crippen molar-refractivity contribution in [2.24, 2.45) is 11.7 Å². The van der Waals surface area contributed by atoms with Gasteiger partial charge in [0, 0.05) is 17.6 Å². The lowest BCUT2D eigenvalue weighted by Gasteiger charge is -2.34. The Hall–Kier alpha value is -0.540. The summed E-state index contributed by atoms with van der Waals surface area (Å²) in [5, 5.41) is 0. The van der Waals surface area contributed by atoms with Crippen LogP contribution in [0, 0.1) is 5.92 Å². The highest BCUT2D eigenvalue weighted by molar-refractivity contribution is 9.10. The Kier molecular flexibility index (Phi) is 4.24. The van der Waals surface area contributed by atoms with Gasteiger partial charge in [-0.1, -0.05) is 12.1 Å². The zero-order valence-corrected chi connectivity index (χ0v) is 11.1. The molecule has 0 aromatic heterocycles. The third-order valence-electron chi connectivity index (χ3n) is 3.29. The molecule has 1 aliphatic heterocycles. The summed E-state index contributed by atoms with van der Waals surface area (Å²) in [5.41, 5.74) is 6.97. The normalized spacial score (nSPS) is 21.1. The van der Waals surface area contributed by atoms with Crippen LogP contribution in [0.2, 0.25) is 0 Å². The zero-order chi connectivity index (χ0) is 11.4. The van der Waals surface area contributed by atoms with Gasteiger partial charge >= 0.3 is 0 Å². The molecule has 1 aromatic carbocycles. The summed E-state index contributed by atoms with van der Waals surface area (Å²) in [6.45, 7) is 3.14. The maximum absolute atomic E-state index is 5.65. The summed E-state index contributed by atoms with van der Waals surface area (Å²) < 4.78 is 1.20. The standard InChI is InChI=1S/C13H19BrN2/c14-12-5-1-2-6-13(12)16-9-3-4-11(10-16)7-8-15/h1-2,5-6,11H,3-4,7-10,15H2. The summed E-state index contributed by atoms with van der Waals surface area (Å²) in [5.74, 6) is 0.769. The Balaban J connectivity index is 2.07. The lowest BCUT2D eigenvalue weighted by Crippen LogP contribution is -2.36. The largest absolute Gasteiger partial charge is 0.370 e. The molecule has 0 saturated carbocycles. The quantitative estimate of drug-likeness (QED) is 0.924. The van der Waals surface area contributed by atoms with Crippen LogP contribution >= 0.6 is 15.9 Å². The summed E-state index contributed by atoms with van der Waals surface area (Å²) in [6, 6.07) is 8.47. The number of nitrogens with zero attached hydrogens (tertiary/aromatic N) is 1. The van der Waals surface area contributed by atoms with E-state index in [1.54, 1.807) is 0 Å². The number of nitrogens with two attached hydrogens (primary N) is 1. The number of hydrogen-bond acceptors (Lipinski definition) is 2. The molecular formula is C13H19BrN2. The van der Waals surface area contributed by atoms with Gasteiger partial charge in [0.1, 0.15) is 0 Å². The van der Waals surface area contributed by atoms with Gasteiger partial charge in [0.15, 0.2) is 0 Å². The predicted octanol–water partition coefficient (Wildman–Crippen LogP) is 3.01. The molecule has 3 heteroatoms. The molecule has 2 nitrogen and oxygen atoms in total. The number of piperidine rings is 1. The van der Waals surface area contributed by atoms with Crippen molar-refractivity contribution < 1.29 is 0 Å². The number of benzene rings is 1. The van der Waals surface area contributed by atoms with E-state index >= 15 is 0 Å². The zero-order valence-electron chi connectivity index (χ0n) is 9.53. The van der Waals surface area contributed by atoms with E-state index in [9.17, 15) is 0 Å². The molecule has 0 bridgehead atoms. The molecular weight excluding hydrogens is 264 g/mol. The average Bonchev–Trinajstić information content (AvgIpc) is 2.30. The van der Waals surface area contributed by atoms with E-state index in [0.29, 0.717) is 0 Å². The fourth-order valence-corrected chi connectivity index (χ4v) is 3.00. The molecule has 0 aliphatic carbocycles. The number of para-hydroxylation sites is 1. The van der Waals surface area contributed by atoms with Crippen molar-refractivity contribution in [3.8, 4) is 0 Å². The van der Waals surface area contributed by atoms with Crippen LogP contribution in [0.25, 0.3) is 0 Å². The van der Waals surface area contributed by atoms with E-state index in [1.807, 2.05) is 0 Å². The van der Waals surface area contributed by atoms with Gasteiger partial charge in [-0.3, -0.25) is 0 Å². The number of halogens is 1. The van der Waals surface area contributed by atoms with E-state index in [-0.39, 0.29) is 0 Å². The second-order valence-electron chi connectivity index (χ2n) is 4.48. The molecule has 1 aromatic rings. The Bertz CT molecular complexity index is 338. The van der Waals surface area contributed by atoms with Gasteiger partial charge in [0.25, 0.3) is 0 Å². The van der Waals surface area contributed by atoms with Crippen LogP contribution in [0.5, 0.6) is 0 Å². The molecule has 2 N–H and O–H groups in total. The molecule has 0 spiro atoms. The van der Waals surface area contributed by atoms with Crippen molar-refractivity contribution in [3.05, 3.63) is 28.7 Å². The SMILES string of the molecule is NCCC1CCCN(c2ccccc2Br)C1. The summed E-state index contributed by atoms with van der Waals surface area (Å²) in [4.78, 5) is 2.48. The molecule has 16 heavy (non-hydrogen) atoms. The van der Waals surface area contributed by atoms with Crippen molar-refractivity contribution in [1.82, 2.24) is 0 Å². The van der Waals surface area contributed by atoms with Crippen LogP contribution in [-0.4, -0.2) is 19.6 Å². The molecule has 1 saturated heterocycles. The van der Waals surface area contributed by atoms with Crippen molar-refractivity contribution in [2.75, 3.05) is 24.5 Å². The first-order valence-corrected chi connectivity index (χ1v) is 6.80. The monoisotopic (exact) mass is 282 g/mol. The van der Waals surface area contributed by atoms with Gasteiger partial charge in [-0.2, -0.15) is 0 Å². The van der Waals surface area contributed by atoms with Crippen LogP contribution in [-0.2, 0) is 0 Å². The first kappa shape index (κ1) is 11.9. The van der Waals surface area contributed by atoms with Crippen LogP contribution in [0.1, 0.15) is 19.3 Å². The second-order valence-corrected chi connectivity index (χ2v) is 5.34. The van der Waals surface area contributed by atoms with Gasteiger partial charge in [-0.05, 0) is 59.8 Å². The lowest BCUT2D eigenvalue weighted by molar-refractivity contribution is 0.396. The minimum atomic E-state index is 0.769. The fraction of sp³-hybridized carbons (Fsp3) is 0.538. The summed E-state index contributed by atoms with van der Waals surface area (Å²) in [6.07, 6.45) is 3.77. The van der Waals surface area contributed by atoms with Crippen molar-refractivity contribution >= 4 is 21.6 Å². The highest BCUT2D eigenvalue weighted by Crippen LogP contribution is 2.30. The van der Waals surface area contributed by atoms with Crippen LogP contribution in [0.4, 0.5) is 5.69 Å². The van der Waals surface area contributed by atoms with Gasteiger partial charge in [-0.15, -0.1) is 0 Å². The van der Waals surface area contributed by atoms with Gasteiger partial charge in [0.05, 0.1) is 5.69 Å². The second kappa shape index (κ2) is 5.69. The van der Waals surface area contributed by atoms with Crippen molar-refractivity contribution in [3.63, 3.8) is 0 Å². The summed E-state index contributed by atoms with van der Waals surface area (Å²) >= 11 is 3.62.